The van der Waals surface area contributed by atoms with Gasteiger partial charge >= 0.3 is 0 Å². The predicted octanol–water partition coefficient (Wildman–Crippen LogP) is 4.39. The molecule has 1 heterocycles. The molecule has 0 amide bonds. The van der Waals surface area contributed by atoms with E-state index in [1.807, 2.05) is 49.5 Å². The summed E-state index contributed by atoms with van der Waals surface area (Å²) in [5, 5.41) is 0. The number of hydrogen-bond donors (Lipinski definition) is 0. The van der Waals surface area contributed by atoms with Crippen molar-refractivity contribution in [3.05, 3.63) is 52.1 Å². The Balaban J connectivity index is 2.00. The Morgan fingerprint density at radius 3 is 2.74 bits per heavy atom. The lowest BCUT2D eigenvalue weighted by Gasteiger charge is -2.11. The molecule has 0 unspecified atom stereocenters. The summed E-state index contributed by atoms with van der Waals surface area (Å²) in [5.74, 6) is 0.612. The maximum atomic E-state index is 5.80. The third-order valence-corrected chi connectivity index (χ3v) is 4.04. The van der Waals surface area contributed by atoms with Crippen LogP contribution in [0.1, 0.15) is 18.2 Å². The van der Waals surface area contributed by atoms with Gasteiger partial charge in [0.1, 0.15) is 0 Å². The summed E-state index contributed by atoms with van der Waals surface area (Å²) in [7, 11) is 1.99. The average Bonchev–Trinajstić information content (AvgIpc) is 2.57. The molecule has 0 aliphatic carbocycles. The van der Waals surface area contributed by atoms with Crippen molar-refractivity contribution in [3.63, 3.8) is 0 Å². The Morgan fingerprint density at radius 2 is 2.04 bits per heavy atom. The summed E-state index contributed by atoms with van der Waals surface area (Å²) in [6.07, 6.45) is 2.67. The van der Waals surface area contributed by atoms with Gasteiger partial charge in [0.15, 0.2) is 0 Å². The first-order valence-electron chi connectivity index (χ1n) is 7.68. The number of aliphatic imine (C=N–C) groups is 1. The van der Waals surface area contributed by atoms with Crippen LogP contribution in [-0.2, 0) is 6.42 Å². The molecule has 1 aromatic heterocycles. The Labute approximate surface area is 146 Å². The molecule has 2 aromatic rings. The Hall–Kier alpha value is -1.88. The zero-order chi connectivity index (χ0) is 16.7. The van der Waals surface area contributed by atoms with E-state index in [1.165, 1.54) is 5.56 Å². The fourth-order valence-corrected chi connectivity index (χ4v) is 2.35. The van der Waals surface area contributed by atoms with E-state index in [2.05, 4.69) is 45.0 Å². The van der Waals surface area contributed by atoms with Gasteiger partial charge in [-0.3, -0.25) is 0 Å². The summed E-state index contributed by atoms with van der Waals surface area (Å²) in [6, 6.07) is 12.2. The highest BCUT2D eigenvalue weighted by Crippen LogP contribution is 2.29. The van der Waals surface area contributed by atoms with E-state index >= 15 is 0 Å². The Bertz CT molecular complexity index is 659. The van der Waals surface area contributed by atoms with E-state index in [-0.39, 0.29) is 0 Å². The number of aryl methyl sites for hydroxylation is 1. The molecule has 0 aliphatic heterocycles. The zero-order valence-corrected chi connectivity index (χ0v) is 15.4. The van der Waals surface area contributed by atoms with Crippen LogP contribution in [0.25, 0.3) is 0 Å². The molecular weight excluding hydrogens is 354 g/mol. The van der Waals surface area contributed by atoms with Crippen molar-refractivity contribution in [2.75, 3.05) is 20.2 Å². The topological polar surface area (TPSA) is 37.7 Å². The van der Waals surface area contributed by atoms with Crippen LogP contribution in [0.4, 0.5) is 5.69 Å². The SMILES string of the molecule is CCN(C)C=Nc1cc(Br)c(OCCc2ccccc2)nc1C. The predicted molar refractivity (Wildman–Crippen MR) is 98.8 cm³/mol. The summed E-state index contributed by atoms with van der Waals surface area (Å²) >= 11 is 3.52. The van der Waals surface area contributed by atoms with Crippen LogP contribution < -0.4 is 4.74 Å². The van der Waals surface area contributed by atoms with Crippen molar-refractivity contribution in [1.82, 2.24) is 9.88 Å². The molecular formula is C18H22BrN3O. The molecule has 0 atom stereocenters. The first-order chi connectivity index (χ1) is 11.1. The van der Waals surface area contributed by atoms with Crippen molar-refractivity contribution in [3.8, 4) is 5.88 Å². The van der Waals surface area contributed by atoms with Crippen molar-refractivity contribution >= 4 is 28.0 Å². The molecule has 4 nitrogen and oxygen atoms in total. The Kier molecular flexibility index (Phi) is 6.59. The van der Waals surface area contributed by atoms with Crippen molar-refractivity contribution < 1.29 is 4.74 Å². The first-order valence-corrected chi connectivity index (χ1v) is 8.47. The lowest BCUT2D eigenvalue weighted by Crippen LogP contribution is -2.14. The number of benzene rings is 1. The normalized spacial score (nSPS) is 11.0. The standard InChI is InChI=1S/C18H22BrN3O/c1-4-22(3)13-20-17-12-16(19)18(21-14(17)2)23-11-10-15-8-6-5-7-9-15/h5-9,12-13H,4,10-11H2,1-3H3. The molecule has 0 radical (unpaired) electrons. The second-order valence-electron chi connectivity index (χ2n) is 5.28. The summed E-state index contributed by atoms with van der Waals surface area (Å²) < 4.78 is 6.62. The number of halogens is 1. The van der Waals surface area contributed by atoms with Crippen LogP contribution in [0.3, 0.4) is 0 Å². The second-order valence-corrected chi connectivity index (χ2v) is 6.14. The Morgan fingerprint density at radius 1 is 1.30 bits per heavy atom. The zero-order valence-electron chi connectivity index (χ0n) is 13.8. The monoisotopic (exact) mass is 375 g/mol. The quantitative estimate of drug-likeness (QED) is 0.532. The van der Waals surface area contributed by atoms with Crippen LogP contribution >= 0.6 is 15.9 Å². The van der Waals surface area contributed by atoms with Gasteiger partial charge in [-0.2, -0.15) is 0 Å². The van der Waals surface area contributed by atoms with Gasteiger partial charge in [0.05, 0.1) is 28.8 Å². The minimum absolute atomic E-state index is 0.593. The largest absolute Gasteiger partial charge is 0.477 e. The van der Waals surface area contributed by atoms with E-state index in [4.69, 9.17) is 4.74 Å². The minimum atomic E-state index is 0.593. The molecule has 1 aromatic carbocycles. The highest BCUT2D eigenvalue weighted by Gasteiger charge is 2.08. The fourth-order valence-electron chi connectivity index (χ4n) is 1.93. The molecule has 0 saturated heterocycles. The van der Waals surface area contributed by atoms with Crippen molar-refractivity contribution in [2.24, 2.45) is 4.99 Å². The highest BCUT2D eigenvalue weighted by molar-refractivity contribution is 9.10. The molecule has 0 aliphatic rings. The van der Waals surface area contributed by atoms with E-state index < -0.39 is 0 Å². The molecule has 0 saturated carbocycles. The molecule has 0 bridgehead atoms. The van der Waals surface area contributed by atoms with E-state index in [0.29, 0.717) is 12.5 Å². The lowest BCUT2D eigenvalue weighted by molar-refractivity contribution is 0.307. The second kappa shape index (κ2) is 8.67. The van der Waals surface area contributed by atoms with Gasteiger partial charge in [-0.05, 0) is 41.4 Å². The molecule has 122 valence electrons. The van der Waals surface area contributed by atoms with Gasteiger partial charge in [0.2, 0.25) is 5.88 Å². The number of hydrogen-bond acceptors (Lipinski definition) is 3. The van der Waals surface area contributed by atoms with Crippen LogP contribution in [0.2, 0.25) is 0 Å². The molecule has 0 N–H and O–H groups in total. The molecule has 5 heteroatoms. The number of nitrogens with zero attached hydrogens (tertiary/aromatic N) is 3. The minimum Gasteiger partial charge on any atom is -0.477 e. The van der Waals surface area contributed by atoms with Gasteiger partial charge in [0, 0.05) is 20.0 Å². The smallest absolute Gasteiger partial charge is 0.228 e. The first kappa shape index (κ1) is 17.5. The van der Waals surface area contributed by atoms with Crippen LogP contribution in [0, 0.1) is 6.92 Å². The van der Waals surface area contributed by atoms with E-state index in [0.717, 1.165) is 28.8 Å². The number of pyridine rings is 1. The van der Waals surface area contributed by atoms with Crippen molar-refractivity contribution in [1.29, 1.82) is 0 Å². The van der Waals surface area contributed by atoms with Crippen LogP contribution in [0.15, 0.2) is 45.9 Å². The van der Waals surface area contributed by atoms with Crippen LogP contribution in [0.5, 0.6) is 5.88 Å². The van der Waals surface area contributed by atoms with Crippen LogP contribution in [-0.4, -0.2) is 36.4 Å². The maximum Gasteiger partial charge on any atom is 0.228 e. The summed E-state index contributed by atoms with van der Waals surface area (Å²) in [4.78, 5) is 11.0. The van der Waals surface area contributed by atoms with E-state index in [9.17, 15) is 0 Å². The molecule has 2 rings (SSSR count). The highest BCUT2D eigenvalue weighted by atomic mass is 79.9. The molecule has 0 spiro atoms. The van der Waals surface area contributed by atoms with Gasteiger partial charge in [-0.25, -0.2) is 9.98 Å². The van der Waals surface area contributed by atoms with Crippen molar-refractivity contribution in [2.45, 2.75) is 20.3 Å². The summed E-state index contributed by atoms with van der Waals surface area (Å²) in [5.41, 5.74) is 2.94. The number of ether oxygens (including phenoxy) is 1. The summed E-state index contributed by atoms with van der Waals surface area (Å²) in [6.45, 7) is 5.53. The lowest BCUT2D eigenvalue weighted by atomic mass is 10.2. The van der Waals surface area contributed by atoms with Gasteiger partial charge < -0.3 is 9.64 Å². The van der Waals surface area contributed by atoms with Gasteiger partial charge in [-0.1, -0.05) is 30.3 Å². The number of aromatic nitrogens is 1. The van der Waals surface area contributed by atoms with E-state index in [1.54, 1.807) is 0 Å². The molecule has 23 heavy (non-hydrogen) atoms. The average molecular weight is 376 g/mol. The van der Waals surface area contributed by atoms with Gasteiger partial charge in [-0.15, -0.1) is 0 Å². The number of rotatable bonds is 7. The fraction of sp³-hybridized carbons (Fsp3) is 0.333. The van der Waals surface area contributed by atoms with Gasteiger partial charge in [0.25, 0.3) is 0 Å². The molecule has 0 fully saturated rings. The third kappa shape index (κ3) is 5.36. The third-order valence-electron chi connectivity index (χ3n) is 3.47. The maximum absolute atomic E-state index is 5.80.